The molecular formula is C31H31N5O2. The number of ether oxygens (including phenoxy) is 2. The molecule has 0 unspecified atom stereocenters. The van der Waals surface area contributed by atoms with Gasteiger partial charge in [0.15, 0.2) is 5.65 Å². The van der Waals surface area contributed by atoms with Gasteiger partial charge in [0.05, 0.1) is 12.8 Å². The van der Waals surface area contributed by atoms with Crippen LogP contribution in [0.1, 0.15) is 12.8 Å². The van der Waals surface area contributed by atoms with Crippen molar-refractivity contribution in [1.82, 2.24) is 19.5 Å². The van der Waals surface area contributed by atoms with E-state index in [9.17, 15) is 0 Å². The van der Waals surface area contributed by atoms with Crippen molar-refractivity contribution in [3.63, 3.8) is 0 Å². The summed E-state index contributed by atoms with van der Waals surface area (Å²) in [5.41, 5.74) is 5.99. The predicted molar refractivity (Wildman–Crippen MR) is 151 cm³/mol. The zero-order chi connectivity index (χ0) is 25.7. The smallest absolute Gasteiger partial charge is 0.247 e. The molecule has 0 spiro atoms. The number of nitrogens with one attached hydrogen (secondary N) is 1. The fourth-order valence-electron chi connectivity index (χ4n) is 4.88. The Bertz CT molecular complexity index is 1510. The number of pyridine rings is 1. The highest BCUT2D eigenvalue weighted by Gasteiger charge is 2.12. The molecule has 1 N–H and O–H groups in total. The lowest BCUT2D eigenvalue weighted by Crippen LogP contribution is -2.25. The number of hydrogen-bond donors (Lipinski definition) is 1. The van der Waals surface area contributed by atoms with Gasteiger partial charge in [-0.15, -0.1) is 5.10 Å². The van der Waals surface area contributed by atoms with Crippen LogP contribution < -0.4 is 14.8 Å². The molecule has 38 heavy (non-hydrogen) atoms. The zero-order valence-corrected chi connectivity index (χ0v) is 21.5. The van der Waals surface area contributed by atoms with Crippen molar-refractivity contribution in [2.45, 2.75) is 12.8 Å². The van der Waals surface area contributed by atoms with Gasteiger partial charge in [-0.1, -0.05) is 36.4 Å². The van der Waals surface area contributed by atoms with E-state index < -0.39 is 0 Å². The second kappa shape index (κ2) is 10.9. The van der Waals surface area contributed by atoms with Crippen LogP contribution >= 0.6 is 0 Å². The van der Waals surface area contributed by atoms with Crippen LogP contribution in [0, 0.1) is 0 Å². The summed E-state index contributed by atoms with van der Waals surface area (Å²) in [5, 5.41) is 8.10. The summed E-state index contributed by atoms with van der Waals surface area (Å²) in [6.45, 7) is 4.07. The van der Waals surface area contributed by atoms with Gasteiger partial charge in [0.2, 0.25) is 5.95 Å². The Balaban J connectivity index is 1.17. The second-order valence-corrected chi connectivity index (χ2v) is 9.47. The van der Waals surface area contributed by atoms with Crippen LogP contribution in [0.3, 0.4) is 0 Å². The van der Waals surface area contributed by atoms with Gasteiger partial charge in [0.25, 0.3) is 0 Å². The molecule has 5 aromatic rings. The fraction of sp³-hybridized carbons (Fsp3) is 0.226. The van der Waals surface area contributed by atoms with E-state index in [1.165, 1.54) is 25.9 Å². The Hall–Kier alpha value is -4.36. The van der Waals surface area contributed by atoms with Gasteiger partial charge in [-0.2, -0.15) is 4.98 Å². The first-order valence-electron chi connectivity index (χ1n) is 13.1. The lowest BCUT2D eigenvalue weighted by Gasteiger charge is -2.15. The summed E-state index contributed by atoms with van der Waals surface area (Å²) < 4.78 is 13.1. The van der Waals surface area contributed by atoms with E-state index in [4.69, 9.17) is 19.6 Å². The Kier molecular flexibility index (Phi) is 6.91. The molecular weight excluding hydrogens is 474 g/mol. The minimum Gasteiger partial charge on any atom is -0.497 e. The Morgan fingerprint density at radius 3 is 2.32 bits per heavy atom. The highest BCUT2D eigenvalue weighted by molar-refractivity contribution is 5.73. The van der Waals surface area contributed by atoms with Crippen LogP contribution in [0.2, 0.25) is 0 Å². The van der Waals surface area contributed by atoms with Crippen molar-refractivity contribution in [1.29, 1.82) is 0 Å². The fourth-order valence-corrected chi connectivity index (χ4v) is 4.88. The molecule has 0 radical (unpaired) electrons. The van der Waals surface area contributed by atoms with E-state index in [1.807, 2.05) is 53.0 Å². The van der Waals surface area contributed by atoms with Gasteiger partial charge in [-0.25, -0.2) is 4.52 Å². The molecule has 0 saturated carbocycles. The minimum absolute atomic E-state index is 0.548. The van der Waals surface area contributed by atoms with E-state index in [2.05, 4.69) is 52.7 Å². The molecule has 2 aromatic heterocycles. The van der Waals surface area contributed by atoms with Crippen molar-refractivity contribution >= 4 is 17.3 Å². The maximum Gasteiger partial charge on any atom is 0.247 e. The van der Waals surface area contributed by atoms with Gasteiger partial charge < -0.3 is 14.8 Å². The summed E-state index contributed by atoms with van der Waals surface area (Å²) in [6.07, 6.45) is 2.60. The molecule has 0 bridgehead atoms. The molecule has 6 rings (SSSR count). The highest BCUT2D eigenvalue weighted by atomic mass is 16.5. The van der Waals surface area contributed by atoms with E-state index in [1.54, 1.807) is 7.11 Å². The molecule has 1 saturated heterocycles. The molecule has 192 valence electrons. The third-order valence-electron chi connectivity index (χ3n) is 6.93. The van der Waals surface area contributed by atoms with Crippen LogP contribution in [0.25, 0.3) is 28.0 Å². The number of fused-ring (bicyclic) bond motifs is 1. The number of benzene rings is 3. The summed E-state index contributed by atoms with van der Waals surface area (Å²) in [5.74, 6) is 2.26. The third kappa shape index (κ3) is 5.33. The Morgan fingerprint density at radius 2 is 1.53 bits per heavy atom. The standard InChI is InChI=1S/C31H31N5O2/c1-37-27-14-10-23(11-15-27)24-6-4-7-25(22-24)29-8-5-9-30-33-31(34-36(29)30)32-26-12-16-28(17-13-26)38-21-20-35-18-2-3-19-35/h4-17,22H,2-3,18-21H2,1H3,(H,32,34). The number of anilines is 2. The first kappa shape index (κ1) is 24.0. The number of methoxy groups -OCH3 is 1. The van der Waals surface area contributed by atoms with Crippen molar-refractivity contribution in [2.75, 3.05) is 38.7 Å². The molecule has 3 heterocycles. The van der Waals surface area contributed by atoms with Gasteiger partial charge >= 0.3 is 0 Å². The Morgan fingerprint density at radius 1 is 0.789 bits per heavy atom. The normalized spacial score (nSPS) is 13.6. The first-order chi connectivity index (χ1) is 18.7. The van der Waals surface area contributed by atoms with Crippen LogP contribution in [0.15, 0.2) is 91.0 Å². The largest absolute Gasteiger partial charge is 0.497 e. The van der Waals surface area contributed by atoms with Gasteiger partial charge in [-0.05, 0) is 91.7 Å². The van der Waals surface area contributed by atoms with E-state index in [-0.39, 0.29) is 0 Å². The summed E-state index contributed by atoms with van der Waals surface area (Å²) in [6, 6.07) is 30.5. The molecule has 7 nitrogen and oxygen atoms in total. The molecule has 1 fully saturated rings. The van der Waals surface area contributed by atoms with Crippen LogP contribution in [0.5, 0.6) is 11.5 Å². The van der Waals surface area contributed by atoms with Crippen molar-refractivity contribution in [3.05, 3.63) is 91.0 Å². The third-order valence-corrected chi connectivity index (χ3v) is 6.93. The van der Waals surface area contributed by atoms with Crippen LogP contribution in [-0.4, -0.2) is 52.8 Å². The summed E-state index contributed by atoms with van der Waals surface area (Å²) in [7, 11) is 1.68. The van der Waals surface area contributed by atoms with Gasteiger partial charge in [-0.3, -0.25) is 4.90 Å². The van der Waals surface area contributed by atoms with Crippen LogP contribution in [-0.2, 0) is 0 Å². The molecule has 1 aliphatic rings. The first-order valence-corrected chi connectivity index (χ1v) is 13.1. The number of rotatable bonds is 9. The maximum absolute atomic E-state index is 5.93. The molecule has 7 heteroatoms. The quantitative estimate of drug-likeness (QED) is 0.254. The zero-order valence-electron chi connectivity index (χ0n) is 21.5. The molecule has 0 atom stereocenters. The molecule has 3 aromatic carbocycles. The second-order valence-electron chi connectivity index (χ2n) is 9.47. The lowest BCUT2D eigenvalue weighted by atomic mass is 10.0. The van der Waals surface area contributed by atoms with E-state index >= 15 is 0 Å². The topological polar surface area (TPSA) is 63.9 Å². The molecule has 1 aliphatic heterocycles. The lowest BCUT2D eigenvalue weighted by molar-refractivity contribution is 0.238. The maximum atomic E-state index is 5.93. The Labute approximate surface area is 222 Å². The average molecular weight is 506 g/mol. The number of aromatic nitrogens is 3. The number of nitrogens with zero attached hydrogens (tertiary/aromatic N) is 4. The molecule has 0 aliphatic carbocycles. The van der Waals surface area contributed by atoms with Gasteiger partial charge in [0, 0.05) is 17.8 Å². The van der Waals surface area contributed by atoms with Crippen LogP contribution in [0.4, 0.5) is 11.6 Å². The van der Waals surface area contributed by atoms with Crippen molar-refractivity contribution < 1.29 is 9.47 Å². The molecule has 0 amide bonds. The van der Waals surface area contributed by atoms with E-state index in [0.717, 1.165) is 51.8 Å². The average Bonchev–Trinajstić information content (AvgIpc) is 3.64. The number of hydrogen-bond acceptors (Lipinski definition) is 6. The van der Waals surface area contributed by atoms with Crippen molar-refractivity contribution in [3.8, 4) is 33.9 Å². The monoisotopic (exact) mass is 505 g/mol. The minimum atomic E-state index is 0.548. The number of likely N-dealkylation sites (tertiary alicyclic amines) is 1. The van der Waals surface area contributed by atoms with Gasteiger partial charge in [0.1, 0.15) is 18.1 Å². The summed E-state index contributed by atoms with van der Waals surface area (Å²) in [4.78, 5) is 7.15. The SMILES string of the molecule is COc1ccc(-c2cccc(-c3cccc4nc(Nc5ccc(OCCN6CCCC6)cc5)nn34)c2)cc1. The predicted octanol–water partition coefficient (Wildman–Crippen LogP) is 6.29. The summed E-state index contributed by atoms with van der Waals surface area (Å²) >= 11 is 0. The highest BCUT2D eigenvalue weighted by Crippen LogP contribution is 2.28. The van der Waals surface area contributed by atoms with E-state index in [0.29, 0.717) is 12.6 Å². The van der Waals surface area contributed by atoms with Crippen molar-refractivity contribution in [2.24, 2.45) is 0 Å².